The fourth-order valence-corrected chi connectivity index (χ4v) is 3.33. The molecule has 1 aromatic rings. The standard InChI is InChI=1S/C16H26N2/c1-4-16(12-17,14-10-11-14)18(5-2)15-9-7-6-8-13(15)3/h6-9,14H,4-5,10-12,17H2,1-3H3. The van der Waals surface area contributed by atoms with Crippen LogP contribution in [0.3, 0.4) is 0 Å². The predicted octanol–water partition coefficient (Wildman–Crippen LogP) is 3.34. The summed E-state index contributed by atoms with van der Waals surface area (Å²) in [5.41, 5.74) is 9.06. The average molecular weight is 246 g/mol. The summed E-state index contributed by atoms with van der Waals surface area (Å²) in [6.07, 6.45) is 3.82. The molecule has 0 aliphatic heterocycles. The highest BCUT2D eigenvalue weighted by molar-refractivity contribution is 5.55. The molecule has 2 rings (SSSR count). The number of hydrogen-bond acceptors (Lipinski definition) is 2. The number of anilines is 1. The van der Waals surface area contributed by atoms with Gasteiger partial charge in [0.15, 0.2) is 0 Å². The van der Waals surface area contributed by atoms with Crippen LogP contribution in [0, 0.1) is 12.8 Å². The minimum Gasteiger partial charge on any atom is -0.364 e. The number of hydrogen-bond donors (Lipinski definition) is 1. The third-order valence-electron chi connectivity index (χ3n) is 4.56. The maximum absolute atomic E-state index is 6.18. The van der Waals surface area contributed by atoms with E-state index in [1.54, 1.807) is 0 Å². The summed E-state index contributed by atoms with van der Waals surface area (Å²) in [5, 5.41) is 0. The minimum absolute atomic E-state index is 0.168. The van der Waals surface area contributed by atoms with Crippen LogP contribution < -0.4 is 10.6 Å². The zero-order chi connectivity index (χ0) is 13.2. The molecule has 0 amide bonds. The van der Waals surface area contributed by atoms with E-state index in [0.29, 0.717) is 0 Å². The molecule has 2 heteroatoms. The number of para-hydroxylation sites is 1. The molecule has 2 N–H and O–H groups in total. The Labute approximate surface area is 111 Å². The lowest BCUT2D eigenvalue weighted by atomic mass is 9.87. The van der Waals surface area contributed by atoms with Crippen molar-refractivity contribution in [1.29, 1.82) is 0 Å². The van der Waals surface area contributed by atoms with Gasteiger partial charge in [0.25, 0.3) is 0 Å². The van der Waals surface area contributed by atoms with Crippen LogP contribution in [0.25, 0.3) is 0 Å². The highest BCUT2D eigenvalue weighted by atomic mass is 15.2. The number of nitrogens with zero attached hydrogens (tertiary/aromatic N) is 1. The lowest BCUT2D eigenvalue weighted by Gasteiger charge is -2.45. The summed E-state index contributed by atoms with van der Waals surface area (Å²) in [4.78, 5) is 2.56. The molecule has 0 saturated heterocycles. The molecule has 0 heterocycles. The van der Waals surface area contributed by atoms with Gasteiger partial charge in [0.05, 0.1) is 5.54 Å². The molecule has 1 fully saturated rings. The molecule has 100 valence electrons. The van der Waals surface area contributed by atoms with Crippen LogP contribution in [0.5, 0.6) is 0 Å². The number of likely N-dealkylation sites (N-methyl/N-ethyl adjacent to an activating group) is 1. The van der Waals surface area contributed by atoms with E-state index in [9.17, 15) is 0 Å². The molecule has 18 heavy (non-hydrogen) atoms. The lowest BCUT2D eigenvalue weighted by Crippen LogP contribution is -2.56. The second kappa shape index (κ2) is 5.31. The van der Waals surface area contributed by atoms with E-state index in [0.717, 1.165) is 25.4 Å². The third kappa shape index (κ3) is 2.14. The first-order valence-electron chi connectivity index (χ1n) is 7.23. The van der Waals surface area contributed by atoms with Gasteiger partial charge in [-0.15, -0.1) is 0 Å². The van der Waals surface area contributed by atoms with Gasteiger partial charge >= 0.3 is 0 Å². The maximum atomic E-state index is 6.18. The SMILES string of the molecule is CCN(c1ccccc1C)C(CC)(CN)C1CC1. The summed E-state index contributed by atoms with van der Waals surface area (Å²) in [7, 11) is 0. The zero-order valence-corrected chi connectivity index (χ0v) is 11.9. The van der Waals surface area contributed by atoms with Crippen molar-refractivity contribution in [3.8, 4) is 0 Å². The van der Waals surface area contributed by atoms with Gasteiger partial charge in [-0.25, -0.2) is 0 Å². The van der Waals surface area contributed by atoms with Gasteiger partial charge in [-0.3, -0.25) is 0 Å². The van der Waals surface area contributed by atoms with Crippen molar-refractivity contribution in [2.24, 2.45) is 11.7 Å². The van der Waals surface area contributed by atoms with Gasteiger partial charge in [-0.1, -0.05) is 25.1 Å². The number of nitrogens with two attached hydrogens (primary N) is 1. The molecule has 0 radical (unpaired) electrons. The Morgan fingerprint density at radius 1 is 1.28 bits per heavy atom. The molecule has 2 nitrogen and oxygen atoms in total. The van der Waals surface area contributed by atoms with E-state index >= 15 is 0 Å². The molecule has 1 saturated carbocycles. The Morgan fingerprint density at radius 3 is 2.39 bits per heavy atom. The third-order valence-corrected chi connectivity index (χ3v) is 4.56. The van der Waals surface area contributed by atoms with Crippen LogP contribution in [0.1, 0.15) is 38.7 Å². The smallest absolute Gasteiger partial charge is 0.0549 e. The quantitative estimate of drug-likeness (QED) is 0.834. The van der Waals surface area contributed by atoms with Crippen LogP contribution in [-0.4, -0.2) is 18.6 Å². The molecule has 1 aromatic carbocycles. The van der Waals surface area contributed by atoms with E-state index in [2.05, 4.69) is 49.9 Å². The van der Waals surface area contributed by atoms with Crippen LogP contribution in [0.2, 0.25) is 0 Å². The van der Waals surface area contributed by atoms with E-state index < -0.39 is 0 Å². The predicted molar refractivity (Wildman–Crippen MR) is 79.0 cm³/mol. The van der Waals surface area contributed by atoms with E-state index in [-0.39, 0.29) is 5.54 Å². The maximum Gasteiger partial charge on any atom is 0.0549 e. The van der Waals surface area contributed by atoms with Gasteiger partial charge in [-0.2, -0.15) is 0 Å². The highest BCUT2D eigenvalue weighted by Gasteiger charge is 2.46. The van der Waals surface area contributed by atoms with Crippen LogP contribution in [0.15, 0.2) is 24.3 Å². The molecule has 1 atom stereocenters. The first kappa shape index (κ1) is 13.4. The molecule has 0 aromatic heterocycles. The van der Waals surface area contributed by atoms with E-state index in [4.69, 9.17) is 5.73 Å². The summed E-state index contributed by atoms with van der Waals surface area (Å²) >= 11 is 0. The summed E-state index contributed by atoms with van der Waals surface area (Å²) in [5.74, 6) is 0.784. The first-order valence-corrected chi connectivity index (χ1v) is 7.23. The van der Waals surface area contributed by atoms with Crippen molar-refractivity contribution in [1.82, 2.24) is 0 Å². The molecule has 1 unspecified atom stereocenters. The van der Waals surface area contributed by atoms with E-state index in [1.165, 1.54) is 24.1 Å². The van der Waals surface area contributed by atoms with Gasteiger partial charge in [0.1, 0.15) is 0 Å². The second-order valence-corrected chi connectivity index (χ2v) is 5.47. The van der Waals surface area contributed by atoms with Crippen LogP contribution in [0.4, 0.5) is 5.69 Å². The molecule has 0 bridgehead atoms. The Hall–Kier alpha value is -1.02. The van der Waals surface area contributed by atoms with Crippen molar-refractivity contribution in [2.45, 2.75) is 45.6 Å². The number of aryl methyl sites for hydroxylation is 1. The number of rotatable bonds is 6. The summed E-state index contributed by atoms with van der Waals surface area (Å²) < 4.78 is 0. The van der Waals surface area contributed by atoms with Crippen molar-refractivity contribution in [2.75, 3.05) is 18.0 Å². The minimum atomic E-state index is 0.168. The average Bonchev–Trinajstić information content (AvgIpc) is 3.22. The van der Waals surface area contributed by atoms with Crippen molar-refractivity contribution < 1.29 is 0 Å². The molecular formula is C16H26N2. The van der Waals surface area contributed by atoms with Crippen LogP contribution in [-0.2, 0) is 0 Å². The fraction of sp³-hybridized carbons (Fsp3) is 0.625. The summed E-state index contributed by atoms with van der Waals surface area (Å²) in [6.45, 7) is 8.52. The van der Waals surface area contributed by atoms with Crippen molar-refractivity contribution in [3.05, 3.63) is 29.8 Å². The summed E-state index contributed by atoms with van der Waals surface area (Å²) in [6, 6.07) is 8.68. The normalized spacial score (nSPS) is 18.4. The van der Waals surface area contributed by atoms with Gasteiger partial charge in [0.2, 0.25) is 0 Å². The zero-order valence-electron chi connectivity index (χ0n) is 11.9. The lowest BCUT2D eigenvalue weighted by molar-refractivity contribution is 0.336. The number of benzene rings is 1. The Bertz CT molecular complexity index is 392. The van der Waals surface area contributed by atoms with Gasteiger partial charge < -0.3 is 10.6 Å². The molecular weight excluding hydrogens is 220 g/mol. The van der Waals surface area contributed by atoms with Gasteiger partial charge in [0, 0.05) is 18.8 Å². The Kier molecular flexibility index (Phi) is 3.96. The Morgan fingerprint density at radius 2 is 1.94 bits per heavy atom. The fourth-order valence-electron chi connectivity index (χ4n) is 3.33. The molecule has 1 aliphatic rings. The molecule has 0 spiro atoms. The van der Waals surface area contributed by atoms with Crippen molar-refractivity contribution in [3.63, 3.8) is 0 Å². The highest BCUT2D eigenvalue weighted by Crippen LogP contribution is 2.46. The van der Waals surface area contributed by atoms with Crippen molar-refractivity contribution >= 4 is 5.69 Å². The topological polar surface area (TPSA) is 29.3 Å². The van der Waals surface area contributed by atoms with Crippen LogP contribution >= 0.6 is 0 Å². The molecule has 1 aliphatic carbocycles. The largest absolute Gasteiger partial charge is 0.364 e. The Balaban J connectivity index is 2.40. The second-order valence-electron chi connectivity index (χ2n) is 5.47. The van der Waals surface area contributed by atoms with Gasteiger partial charge in [-0.05, 0) is 50.7 Å². The monoisotopic (exact) mass is 246 g/mol. The van der Waals surface area contributed by atoms with E-state index in [1.807, 2.05) is 0 Å². The first-order chi connectivity index (χ1) is 8.69.